The number of halogens is 2. The molecule has 0 N–H and O–H groups in total. The molecule has 0 nitrogen and oxygen atoms in total. The summed E-state index contributed by atoms with van der Waals surface area (Å²) in [5, 5.41) is 2.31. The summed E-state index contributed by atoms with van der Waals surface area (Å²) >= 11 is 6.99. The number of hydrogen-bond donors (Lipinski definition) is 0. The zero-order chi connectivity index (χ0) is 17.3. The second-order valence-corrected chi connectivity index (χ2v) is 7.83. The van der Waals surface area contributed by atoms with E-state index in [1.165, 1.54) is 64.2 Å². The van der Waals surface area contributed by atoms with E-state index in [9.17, 15) is 0 Å². The van der Waals surface area contributed by atoms with E-state index in [4.69, 9.17) is 0 Å². The molecular weight excluding hydrogens is 480 g/mol. The van der Waals surface area contributed by atoms with Crippen LogP contribution in [0.5, 0.6) is 0 Å². The number of aryl methyl sites for hydroxylation is 2. The molecular formula is C22H32Br2Fe-6. The Bertz CT molecular complexity index is 416. The van der Waals surface area contributed by atoms with Crippen LogP contribution >= 0.6 is 31.9 Å². The maximum atomic E-state index is 3.50. The van der Waals surface area contributed by atoms with Crippen molar-refractivity contribution in [3.05, 3.63) is 59.7 Å². The molecule has 0 aliphatic rings. The summed E-state index contributed by atoms with van der Waals surface area (Å²) in [5.74, 6) is 0. The third-order valence-corrected chi connectivity index (χ3v) is 5.34. The summed E-state index contributed by atoms with van der Waals surface area (Å²) in [6.07, 6.45) is 13.4. The fraction of sp³-hybridized carbons (Fsp3) is 0.545. The molecule has 0 fully saturated rings. The largest absolute Gasteiger partial charge is 0.748 e. The monoisotopic (exact) mass is 510 g/mol. The second-order valence-electron chi connectivity index (χ2n) is 6.24. The van der Waals surface area contributed by atoms with E-state index < -0.39 is 0 Å². The minimum atomic E-state index is 0. The van der Waals surface area contributed by atoms with E-state index in [2.05, 4.69) is 50.1 Å². The SMILES string of the molecule is BrCCCCCCc1ccc[c-]1CCCCCCBr.[Fe].[cH-]1[cH-][cH-][cH-][cH-]1. The average Bonchev–Trinajstić information content (AvgIpc) is 3.29. The van der Waals surface area contributed by atoms with Gasteiger partial charge in [0.2, 0.25) is 0 Å². The van der Waals surface area contributed by atoms with Gasteiger partial charge in [0.1, 0.15) is 0 Å². The van der Waals surface area contributed by atoms with E-state index in [1.54, 1.807) is 11.1 Å². The van der Waals surface area contributed by atoms with Crippen LogP contribution in [0.2, 0.25) is 0 Å². The first-order chi connectivity index (χ1) is 11.9. The summed E-state index contributed by atoms with van der Waals surface area (Å²) in [6, 6.07) is 16.9. The Hall–Kier alpha value is 0.179. The van der Waals surface area contributed by atoms with Crippen molar-refractivity contribution in [3.8, 4) is 0 Å². The third-order valence-electron chi connectivity index (χ3n) is 4.22. The molecule has 2 aromatic carbocycles. The zero-order valence-corrected chi connectivity index (χ0v) is 19.5. The molecule has 0 bridgehead atoms. The van der Waals surface area contributed by atoms with Gasteiger partial charge in [-0.3, -0.25) is 0 Å². The first kappa shape index (κ1) is 25.2. The molecule has 0 radical (unpaired) electrons. The molecule has 0 unspecified atom stereocenters. The predicted octanol–water partition coefficient (Wildman–Crippen LogP) is 7.80. The first-order valence-electron chi connectivity index (χ1n) is 9.40. The standard InChI is InChI=1S/C17H27Br2.C5H5.Fe/c18-14-7-3-1-5-10-16-12-9-13-17(16)11-6-2-4-8-15-19;1-2-4-5-3-1;/h9,12-13H,1-8,10-11,14-15H2;1-5H;/q-1;-5;. The van der Waals surface area contributed by atoms with Gasteiger partial charge in [-0.2, -0.15) is 17.2 Å². The van der Waals surface area contributed by atoms with Crippen molar-refractivity contribution in [2.24, 2.45) is 0 Å². The van der Waals surface area contributed by atoms with Crippen LogP contribution in [-0.4, -0.2) is 10.7 Å². The molecule has 0 atom stereocenters. The molecule has 0 aromatic heterocycles. The van der Waals surface area contributed by atoms with Crippen LogP contribution in [0.15, 0.2) is 48.5 Å². The van der Waals surface area contributed by atoms with E-state index >= 15 is 0 Å². The molecule has 25 heavy (non-hydrogen) atoms. The van der Waals surface area contributed by atoms with Crippen molar-refractivity contribution in [2.75, 3.05) is 10.7 Å². The maximum Gasteiger partial charge on any atom is 0.00313 e. The summed E-state index contributed by atoms with van der Waals surface area (Å²) in [5.41, 5.74) is 3.22. The molecule has 0 aliphatic carbocycles. The van der Waals surface area contributed by atoms with Gasteiger partial charge in [-0.1, -0.05) is 83.2 Å². The van der Waals surface area contributed by atoms with E-state index in [0.29, 0.717) is 0 Å². The summed E-state index contributed by atoms with van der Waals surface area (Å²) in [6.45, 7) is 0. The average molecular weight is 512 g/mol. The van der Waals surface area contributed by atoms with Crippen LogP contribution in [0.1, 0.15) is 62.5 Å². The quantitative estimate of drug-likeness (QED) is 0.118. The maximum absolute atomic E-state index is 3.50. The molecule has 0 spiro atoms. The molecule has 148 valence electrons. The zero-order valence-electron chi connectivity index (χ0n) is 15.2. The fourth-order valence-corrected chi connectivity index (χ4v) is 3.62. The molecule has 0 heterocycles. The van der Waals surface area contributed by atoms with Crippen LogP contribution < -0.4 is 0 Å². The van der Waals surface area contributed by atoms with Crippen molar-refractivity contribution >= 4 is 31.9 Å². The van der Waals surface area contributed by atoms with Crippen LogP contribution in [0.4, 0.5) is 0 Å². The second kappa shape index (κ2) is 19.0. The van der Waals surface area contributed by atoms with Gasteiger partial charge in [-0.25, -0.2) is 12.1 Å². The van der Waals surface area contributed by atoms with Gasteiger partial charge < -0.3 is 30.3 Å². The Morgan fingerprint density at radius 3 is 1.80 bits per heavy atom. The summed E-state index contributed by atoms with van der Waals surface area (Å²) in [7, 11) is 0. The molecule has 3 heteroatoms. The summed E-state index contributed by atoms with van der Waals surface area (Å²) in [4.78, 5) is 0. The minimum absolute atomic E-state index is 0. The molecule has 2 rings (SSSR count). The Morgan fingerprint density at radius 1 is 0.720 bits per heavy atom. The van der Waals surface area contributed by atoms with Crippen LogP contribution in [0.25, 0.3) is 0 Å². The van der Waals surface area contributed by atoms with Gasteiger partial charge in [-0.15, -0.1) is 0 Å². The van der Waals surface area contributed by atoms with Gasteiger partial charge in [0.25, 0.3) is 0 Å². The normalized spacial score (nSPS) is 10.0. The number of alkyl halides is 2. The number of hydrogen-bond acceptors (Lipinski definition) is 0. The van der Waals surface area contributed by atoms with Crippen molar-refractivity contribution in [3.63, 3.8) is 0 Å². The first-order valence-corrected chi connectivity index (χ1v) is 11.6. The van der Waals surface area contributed by atoms with Gasteiger partial charge in [0, 0.05) is 27.7 Å². The fourth-order valence-electron chi connectivity index (χ4n) is 2.83. The smallest absolute Gasteiger partial charge is 0.00313 e. The molecule has 0 aliphatic heterocycles. The van der Waals surface area contributed by atoms with Crippen molar-refractivity contribution < 1.29 is 17.1 Å². The van der Waals surface area contributed by atoms with E-state index in [1.807, 2.05) is 30.3 Å². The summed E-state index contributed by atoms with van der Waals surface area (Å²) < 4.78 is 0. The van der Waals surface area contributed by atoms with Gasteiger partial charge in [0.15, 0.2) is 0 Å². The molecule has 0 amide bonds. The van der Waals surface area contributed by atoms with Crippen LogP contribution in [0, 0.1) is 0 Å². The molecule has 0 saturated carbocycles. The van der Waals surface area contributed by atoms with Gasteiger partial charge in [0.05, 0.1) is 0 Å². The predicted molar refractivity (Wildman–Crippen MR) is 116 cm³/mol. The Labute approximate surface area is 182 Å². The minimum Gasteiger partial charge on any atom is -0.748 e. The van der Waals surface area contributed by atoms with Crippen LogP contribution in [-0.2, 0) is 29.9 Å². The topological polar surface area (TPSA) is 0 Å². The van der Waals surface area contributed by atoms with Gasteiger partial charge >= 0.3 is 0 Å². The third kappa shape index (κ3) is 14.0. The number of unbranched alkanes of at least 4 members (excludes halogenated alkanes) is 6. The number of rotatable bonds is 12. The Morgan fingerprint density at radius 2 is 1.24 bits per heavy atom. The molecule has 2 aromatic rings. The Kier molecular flexibility index (Phi) is 19.1. The van der Waals surface area contributed by atoms with Gasteiger partial charge in [-0.05, 0) is 12.8 Å². The van der Waals surface area contributed by atoms with Crippen molar-refractivity contribution in [1.29, 1.82) is 0 Å². The Balaban J connectivity index is 0.000000820. The van der Waals surface area contributed by atoms with Crippen LogP contribution in [0.3, 0.4) is 0 Å². The van der Waals surface area contributed by atoms with Crippen molar-refractivity contribution in [2.45, 2.75) is 64.2 Å². The van der Waals surface area contributed by atoms with E-state index in [-0.39, 0.29) is 17.1 Å². The molecule has 0 saturated heterocycles. The van der Waals surface area contributed by atoms with Crippen molar-refractivity contribution in [1.82, 2.24) is 0 Å². The van der Waals surface area contributed by atoms with E-state index in [0.717, 1.165) is 10.7 Å².